The van der Waals surface area contributed by atoms with Crippen LogP contribution in [0.1, 0.15) is 12.5 Å². The number of nitrogens with zero attached hydrogens (tertiary/aromatic N) is 7. The molecule has 294 valence electrons. The van der Waals surface area contributed by atoms with Crippen molar-refractivity contribution in [3.8, 4) is 44.8 Å². The predicted octanol–water partition coefficient (Wildman–Crippen LogP) is 4.90. The predicted molar refractivity (Wildman–Crippen MR) is 211 cm³/mol. The third-order valence-electron chi connectivity index (χ3n) is 8.51. The summed E-state index contributed by atoms with van der Waals surface area (Å²) in [6.07, 6.45) is 5.12. The molecular weight excluding hydrogens is 780 g/mol. The van der Waals surface area contributed by atoms with E-state index in [1.807, 2.05) is 37.3 Å². The van der Waals surface area contributed by atoms with E-state index in [0.29, 0.717) is 40.4 Å². The Kier molecular flexibility index (Phi) is 12.7. The Hall–Kier alpha value is -6.02. The summed E-state index contributed by atoms with van der Waals surface area (Å²) in [6, 6.07) is 17.6. The topological polar surface area (TPSA) is 208 Å². The Morgan fingerprint density at radius 3 is 1.81 bits per heavy atom. The molecule has 1 aliphatic heterocycles. The zero-order valence-electron chi connectivity index (χ0n) is 30.5. The first-order valence-electron chi connectivity index (χ1n) is 17.2. The van der Waals surface area contributed by atoms with Gasteiger partial charge in [0.2, 0.25) is 17.8 Å². The molecule has 1 fully saturated rings. The highest BCUT2D eigenvalue weighted by molar-refractivity contribution is 7.83. The average Bonchev–Trinajstić information content (AvgIpc) is 3.21. The summed E-state index contributed by atoms with van der Waals surface area (Å²) in [5.74, 6) is 0.246. The highest BCUT2D eigenvalue weighted by atomic mass is 32.2. The first-order valence-corrected chi connectivity index (χ1v) is 19.5. The van der Waals surface area contributed by atoms with E-state index in [2.05, 4.69) is 39.9 Å². The molecule has 3 atom stereocenters. The van der Waals surface area contributed by atoms with Gasteiger partial charge in [-0.05, 0) is 38.1 Å². The lowest BCUT2D eigenvalue weighted by Gasteiger charge is -2.26. The second-order valence-corrected chi connectivity index (χ2v) is 15.3. The summed E-state index contributed by atoms with van der Waals surface area (Å²) >= 11 is 0. The van der Waals surface area contributed by atoms with Crippen molar-refractivity contribution < 1.29 is 26.4 Å². The number of anilines is 2. The number of carbonyl (C=O) groups excluding carboxylic acids is 1. The zero-order chi connectivity index (χ0) is 40.7. The van der Waals surface area contributed by atoms with E-state index in [4.69, 9.17) is 11.5 Å². The number of nitrogens with two attached hydrogens (primary N) is 2. The highest BCUT2D eigenvalue weighted by Gasteiger charge is 2.37. The van der Waals surface area contributed by atoms with E-state index < -0.39 is 34.2 Å². The molecule has 5 heterocycles. The van der Waals surface area contributed by atoms with Crippen LogP contribution in [0.3, 0.4) is 0 Å². The number of nitrogens with one attached hydrogen (secondary N) is 2. The van der Waals surface area contributed by atoms with Gasteiger partial charge in [-0.15, -0.1) is 0 Å². The van der Waals surface area contributed by atoms with Gasteiger partial charge in [0, 0.05) is 83.7 Å². The fourth-order valence-corrected chi connectivity index (χ4v) is 7.95. The van der Waals surface area contributed by atoms with E-state index in [1.54, 1.807) is 59.4 Å². The lowest BCUT2D eigenvalue weighted by atomic mass is 10.0. The number of pyridine rings is 2. The average molecular weight is 816 g/mol. The van der Waals surface area contributed by atoms with Crippen molar-refractivity contribution in [3.05, 3.63) is 109 Å². The number of aromatic nitrogens is 6. The summed E-state index contributed by atoms with van der Waals surface area (Å²) < 4.78 is 67.7. The molecule has 57 heavy (non-hydrogen) atoms. The van der Waals surface area contributed by atoms with Gasteiger partial charge in [-0.2, -0.15) is 13.2 Å². The SMILES string of the molecule is C[C@@H](NS(=O)c1ccccc1-c1ccc(-c2cnc(N)nc2)nc1)C(F)(F)F.Cc1ccc(S(=O)N2CCNC(=O)C2)c(-c2ccc(-c3cnc(N)nc3)nc2)c1. The summed E-state index contributed by atoms with van der Waals surface area (Å²) in [7, 11) is -3.49. The summed E-state index contributed by atoms with van der Waals surface area (Å²) in [5, 5.41) is 2.76. The van der Waals surface area contributed by atoms with Crippen LogP contribution >= 0.6 is 0 Å². The fraction of sp³-hybridized carbons (Fsp3) is 0.184. The van der Waals surface area contributed by atoms with Crippen LogP contribution in [0, 0.1) is 6.92 Å². The molecule has 1 aliphatic rings. The molecule has 2 aromatic carbocycles. The minimum atomic E-state index is -4.49. The molecule has 0 saturated carbocycles. The number of aryl methyl sites for hydroxylation is 1. The number of alkyl halides is 3. The molecule has 6 aromatic rings. The van der Waals surface area contributed by atoms with Crippen LogP contribution < -0.4 is 21.5 Å². The number of amides is 1. The molecule has 7 rings (SSSR count). The minimum absolute atomic E-state index is 0.116. The van der Waals surface area contributed by atoms with Crippen LogP contribution in [-0.4, -0.2) is 80.4 Å². The maximum Gasteiger partial charge on any atom is 0.404 e. The quantitative estimate of drug-likeness (QED) is 0.154. The molecule has 0 aliphatic carbocycles. The number of nitrogen functional groups attached to an aromatic ring is 2. The van der Waals surface area contributed by atoms with Crippen LogP contribution in [0.2, 0.25) is 0 Å². The summed E-state index contributed by atoms with van der Waals surface area (Å²) in [6.45, 7) is 4.06. The fourth-order valence-electron chi connectivity index (χ4n) is 5.46. The monoisotopic (exact) mass is 815 g/mol. The number of halogens is 3. The molecule has 0 radical (unpaired) electrons. The molecule has 4 aromatic heterocycles. The van der Waals surface area contributed by atoms with Gasteiger partial charge in [-0.1, -0.05) is 48.0 Å². The number of rotatable bonds is 9. The molecule has 0 spiro atoms. The number of benzene rings is 2. The summed E-state index contributed by atoms with van der Waals surface area (Å²) in [5.41, 5.74) is 17.6. The van der Waals surface area contributed by atoms with Gasteiger partial charge >= 0.3 is 6.18 Å². The van der Waals surface area contributed by atoms with Gasteiger partial charge in [-0.25, -0.2) is 37.4 Å². The Labute approximate surface area is 330 Å². The Balaban J connectivity index is 0.000000193. The standard InChI is InChI=1S/C20H20N6O2S.C18H16F3N5OS/c1-13-2-5-18(29(28)26-7-6-22-19(27)12-26)16(8-13)14-3-4-17(23-9-14)15-10-24-20(21)25-11-15;1-11(18(19,20)21)26-28(27)16-5-3-2-4-14(16)12-6-7-15(23-8-12)13-9-24-17(22)25-10-13/h2-5,8-11H,6-7,12H2,1H3,(H,22,27)(H2,21,24,25);2-11,26H,1H3,(H2,22,24,25)/t;11-,28?/m.1/s1. The van der Waals surface area contributed by atoms with E-state index >= 15 is 0 Å². The van der Waals surface area contributed by atoms with Gasteiger partial charge in [0.05, 0.1) is 27.7 Å². The second kappa shape index (κ2) is 17.8. The second-order valence-electron chi connectivity index (χ2n) is 12.6. The number of carbonyl (C=O) groups is 1. The van der Waals surface area contributed by atoms with Crippen molar-refractivity contribution in [1.82, 2.24) is 44.2 Å². The van der Waals surface area contributed by atoms with Crippen molar-refractivity contribution in [2.45, 2.75) is 35.9 Å². The molecule has 2 unspecified atom stereocenters. The largest absolute Gasteiger partial charge is 0.404 e. The molecule has 0 bridgehead atoms. The third-order valence-corrected chi connectivity index (χ3v) is 11.3. The van der Waals surface area contributed by atoms with E-state index in [0.717, 1.165) is 34.9 Å². The van der Waals surface area contributed by atoms with Gasteiger partial charge in [0.25, 0.3) is 0 Å². The van der Waals surface area contributed by atoms with Crippen molar-refractivity contribution in [2.75, 3.05) is 31.1 Å². The Morgan fingerprint density at radius 1 is 0.737 bits per heavy atom. The maximum absolute atomic E-state index is 13.2. The summed E-state index contributed by atoms with van der Waals surface area (Å²) in [4.78, 5) is 37.2. The lowest BCUT2D eigenvalue weighted by Crippen LogP contribution is -2.48. The Bertz CT molecular complexity index is 2390. The van der Waals surface area contributed by atoms with Gasteiger partial charge in [-0.3, -0.25) is 14.8 Å². The van der Waals surface area contributed by atoms with Crippen molar-refractivity contribution in [2.24, 2.45) is 0 Å². The highest BCUT2D eigenvalue weighted by Crippen LogP contribution is 2.31. The van der Waals surface area contributed by atoms with Gasteiger partial charge in [0.15, 0.2) is 0 Å². The van der Waals surface area contributed by atoms with Crippen LogP contribution in [0.25, 0.3) is 44.8 Å². The third kappa shape index (κ3) is 10.2. The first kappa shape index (κ1) is 40.6. The number of piperazine rings is 1. The minimum Gasteiger partial charge on any atom is -0.368 e. The zero-order valence-corrected chi connectivity index (χ0v) is 32.1. The van der Waals surface area contributed by atoms with Gasteiger partial charge in [0.1, 0.15) is 28.0 Å². The maximum atomic E-state index is 13.2. The van der Waals surface area contributed by atoms with Crippen LogP contribution in [0.15, 0.2) is 114 Å². The van der Waals surface area contributed by atoms with Gasteiger partial charge < -0.3 is 16.8 Å². The molecule has 1 saturated heterocycles. The normalized spacial score (nSPS) is 14.8. The van der Waals surface area contributed by atoms with Crippen molar-refractivity contribution in [3.63, 3.8) is 0 Å². The van der Waals surface area contributed by atoms with E-state index in [1.165, 1.54) is 18.5 Å². The molecular formula is C38H36F3N11O3S2. The first-order chi connectivity index (χ1) is 27.3. The number of hydrogen-bond acceptors (Lipinski definition) is 11. The van der Waals surface area contributed by atoms with E-state index in [9.17, 15) is 26.4 Å². The lowest BCUT2D eigenvalue weighted by molar-refractivity contribution is -0.146. The van der Waals surface area contributed by atoms with Crippen molar-refractivity contribution in [1.29, 1.82) is 0 Å². The smallest absolute Gasteiger partial charge is 0.368 e. The number of hydrogen-bond donors (Lipinski definition) is 4. The van der Waals surface area contributed by atoms with Crippen molar-refractivity contribution >= 4 is 39.8 Å². The molecule has 1 amide bonds. The van der Waals surface area contributed by atoms with Crippen LogP contribution in [0.4, 0.5) is 25.1 Å². The molecule has 19 heteroatoms. The molecule has 6 N–H and O–H groups in total. The van der Waals surface area contributed by atoms with Crippen LogP contribution in [-0.2, 0) is 26.8 Å². The van der Waals surface area contributed by atoms with E-state index in [-0.39, 0.29) is 29.2 Å². The Morgan fingerprint density at radius 2 is 1.28 bits per heavy atom. The van der Waals surface area contributed by atoms with Crippen LogP contribution in [0.5, 0.6) is 0 Å². The molecule has 14 nitrogen and oxygen atoms in total.